The molecular formula is C18H24N2O6. The third-order valence-electron chi connectivity index (χ3n) is 4.71. The molecule has 1 N–H and O–H groups in total. The van der Waals surface area contributed by atoms with E-state index in [0.717, 1.165) is 31.7 Å². The number of hydrogen-bond donors (Lipinski definition) is 1. The van der Waals surface area contributed by atoms with Gasteiger partial charge in [0.1, 0.15) is 11.3 Å². The summed E-state index contributed by atoms with van der Waals surface area (Å²) in [7, 11) is 1.35. The van der Waals surface area contributed by atoms with E-state index in [1.54, 1.807) is 0 Å². The normalized spacial score (nSPS) is 20.7. The van der Waals surface area contributed by atoms with E-state index < -0.39 is 17.0 Å². The van der Waals surface area contributed by atoms with Crippen LogP contribution in [0, 0.1) is 16.0 Å². The maximum atomic E-state index is 12.4. The van der Waals surface area contributed by atoms with Crippen LogP contribution in [-0.2, 0) is 9.53 Å². The Morgan fingerprint density at radius 2 is 2.00 bits per heavy atom. The van der Waals surface area contributed by atoms with Crippen LogP contribution in [0.15, 0.2) is 18.2 Å². The molecule has 8 heteroatoms. The predicted molar refractivity (Wildman–Crippen MR) is 94.1 cm³/mol. The summed E-state index contributed by atoms with van der Waals surface area (Å²) in [6.45, 7) is 3.57. The average Bonchev–Trinajstić information content (AvgIpc) is 2.62. The summed E-state index contributed by atoms with van der Waals surface area (Å²) in [5.41, 5.74) is -0.349. The molecule has 0 heterocycles. The summed E-state index contributed by atoms with van der Waals surface area (Å²) in [4.78, 5) is 35.0. The number of ether oxygens (including phenoxy) is 2. The van der Waals surface area contributed by atoms with Crippen molar-refractivity contribution in [3.63, 3.8) is 0 Å². The van der Waals surface area contributed by atoms with Crippen molar-refractivity contribution in [1.82, 2.24) is 5.32 Å². The number of non-ortho nitro benzene ring substituents is 1. The molecule has 1 aromatic carbocycles. The highest BCUT2D eigenvalue weighted by atomic mass is 16.6. The van der Waals surface area contributed by atoms with Gasteiger partial charge in [-0.05, 0) is 31.7 Å². The molecule has 1 fully saturated rings. The Morgan fingerprint density at radius 3 is 2.62 bits per heavy atom. The fourth-order valence-electron chi connectivity index (χ4n) is 3.08. The molecule has 1 aromatic rings. The monoisotopic (exact) mass is 364 g/mol. The van der Waals surface area contributed by atoms with Crippen LogP contribution in [0.4, 0.5) is 5.69 Å². The summed E-state index contributed by atoms with van der Waals surface area (Å²) in [5, 5.41) is 13.8. The van der Waals surface area contributed by atoms with Gasteiger partial charge in [-0.25, -0.2) is 4.79 Å². The number of esters is 1. The first-order valence-electron chi connectivity index (χ1n) is 8.67. The van der Waals surface area contributed by atoms with Gasteiger partial charge < -0.3 is 14.8 Å². The largest absolute Gasteiger partial charge is 0.496 e. The number of methoxy groups -OCH3 is 1. The van der Waals surface area contributed by atoms with E-state index in [9.17, 15) is 19.7 Å². The molecule has 1 aliphatic rings. The lowest BCUT2D eigenvalue weighted by Gasteiger charge is -2.30. The van der Waals surface area contributed by atoms with Crippen molar-refractivity contribution in [2.75, 3.05) is 7.11 Å². The molecule has 0 spiro atoms. The summed E-state index contributed by atoms with van der Waals surface area (Å²) in [5.74, 6) is -0.687. The fourth-order valence-corrected chi connectivity index (χ4v) is 3.08. The van der Waals surface area contributed by atoms with Gasteiger partial charge in [0.25, 0.3) is 11.6 Å². The van der Waals surface area contributed by atoms with E-state index in [0.29, 0.717) is 5.92 Å². The van der Waals surface area contributed by atoms with Gasteiger partial charge >= 0.3 is 5.97 Å². The van der Waals surface area contributed by atoms with Crippen molar-refractivity contribution in [2.24, 2.45) is 5.92 Å². The Bertz CT molecular complexity index is 690. The van der Waals surface area contributed by atoms with E-state index in [-0.39, 0.29) is 28.9 Å². The molecule has 2 rings (SSSR count). The molecule has 0 aliphatic heterocycles. The number of rotatable bonds is 6. The van der Waals surface area contributed by atoms with Crippen LogP contribution >= 0.6 is 0 Å². The Kier molecular flexibility index (Phi) is 6.54. The first-order chi connectivity index (χ1) is 12.3. The summed E-state index contributed by atoms with van der Waals surface area (Å²) in [6.07, 6.45) is 3.18. The molecule has 0 unspecified atom stereocenters. The lowest BCUT2D eigenvalue weighted by molar-refractivity contribution is -0.384. The molecule has 0 bridgehead atoms. The number of carbonyl (C=O) groups excluding carboxylic acids is 2. The number of carbonyl (C=O) groups is 2. The van der Waals surface area contributed by atoms with Gasteiger partial charge in [-0.3, -0.25) is 14.9 Å². The van der Waals surface area contributed by atoms with Gasteiger partial charge in [0, 0.05) is 18.2 Å². The molecule has 142 valence electrons. The molecule has 1 amide bonds. The van der Waals surface area contributed by atoms with Gasteiger partial charge in [-0.2, -0.15) is 0 Å². The summed E-state index contributed by atoms with van der Waals surface area (Å²) in [6, 6.07) is 3.71. The van der Waals surface area contributed by atoms with Crippen molar-refractivity contribution >= 4 is 17.6 Å². The lowest BCUT2D eigenvalue weighted by Crippen LogP contribution is -2.46. The second-order valence-corrected chi connectivity index (χ2v) is 6.57. The first kappa shape index (κ1) is 19.7. The number of nitrogens with one attached hydrogen (secondary N) is 1. The number of benzene rings is 1. The Hall–Kier alpha value is -2.64. The Balaban J connectivity index is 2.05. The van der Waals surface area contributed by atoms with Crippen molar-refractivity contribution < 1.29 is 24.0 Å². The molecule has 26 heavy (non-hydrogen) atoms. The number of nitro benzene ring substituents is 1. The minimum atomic E-state index is -1.01. The van der Waals surface area contributed by atoms with Crippen LogP contribution in [0.25, 0.3) is 0 Å². The minimum absolute atomic E-state index is 0.0738. The highest BCUT2D eigenvalue weighted by Gasteiger charge is 2.27. The van der Waals surface area contributed by atoms with E-state index >= 15 is 0 Å². The predicted octanol–water partition coefficient (Wildman–Crippen LogP) is 2.84. The molecule has 0 aromatic heterocycles. The van der Waals surface area contributed by atoms with Crippen LogP contribution in [-0.4, -0.2) is 36.1 Å². The topological polar surface area (TPSA) is 108 Å². The van der Waals surface area contributed by atoms with E-state index in [1.807, 2.05) is 0 Å². The smallest absolute Gasteiger partial charge is 0.342 e. The average molecular weight is 364 g/mol. The molecule has 0 saturated heterocycles. The van der Waals surface area contributed by atoms with Crippen LogP contribution in [0.3, 0.4) is 0 Å². The van der Waals surface area contributed by atoms with E-state index in [2.05, 4.69) is 12.2 Å². The zero-order chi connectivity index (χ0) is 19.3. The Labute approximate surface area is 152 Å². The number of amides is 1. The third kappa shape index (κ3) is 4.71. The van der Waals surface area contributed by atoms with Gasteiger partial charge in [0.05, 0.1) is 12.0 Å². The molecule has 8 nitrogen and oxygen atoms in total. The van der Waals surface area contributed by atoms with Crippen LogP contribution in [0.1, 0.15) is 49.9 Å². The van der Waals surface area contributed by atoms with Gasteiger partial charge in [-0.1, -0.05) is 19.8 Å². The van der Waals surface area contributed by atoms with Crippen LogP contribution in [0.2, 0.25) is 0 Å². The standard InChI is InChI=1S/C18H24N2O6/c1-11-6-4-5-7-15(11)19-17(21)12(2)26-18(22)14-10-13(20(23)24)8-9-16(14)25-3/h8-12,15H,4-7H2,1-3H3,(H,19,21)/t11-,12+,15-/m0/s1. The highest BCUT2D eigenvalue weighted by Crippen LogP contribution is 2.26. The maximum absolute atomic E-state index is 12.4. The molecule has 3 atom stereocenters. The first-order valence-corrected chi connectivity index (χ1v) is 8.67. The van der Waals surface area contributed by atoms with E-state index in [4.69, 9.17) is 9.47 Å². The highest BCUT2D eigenvalue weighted by molar-refractivity contribution is 5.95. The number of nitro groups is 1. The third-order valence-corrected chi connectivity index (χ3v) is 4.71. The summed E-state index contributed by atoms with van der Waals surface area (Å²) < 4.78 is 10.3. The van der Waals surface area contributed by atoms with Gasteiger partial charge in [0.15, 0.2) is 6.10 Å². The lowest BCUT2D eigenvalue weighted by atomic mass is 9.86. The molecular weight excluding hydrogens is 340 g/mol. The number of hydrogen-bond acceptors (Lipinski definition) is 6. The molecule has 1 aliphatic carbocycles. The second-order valence-electron chi connectivity index (χ2n) is 6.57. The van der Waals surface area contributed by atoms with Crippen molar-refractivity contribution in [1.29, 1.82) is 0 Å². The minimum Gasteiger partial charge on any atom is -0.496 e. The zero-order valence-corrected chi connectivity index (χ0v) is 15.2. The zero-order valence-electron chi connectivity index (χ0n) is 15.2. The van der Waals surface area contributed by atoms with Crippen LogP contribution < -0.4 is 10.1 Å². The fraction of sp³-hybridized carbons (Fsp3) is 0.556. The van der Waals surface area contributed by atoms with Crippen LogP contribution in [0.5, 0.6) is 5.75 Å². The van der Waals surface area contributed by atoms with Crippen molar-refractivity contribution in [2.45, 2.75) is 51.7 Å². The number of nitrogens with zero attached hydrogens (tertiary/aromatic N) is 1. The van der Waals surface area contributed by atoms with Gasteiger partial charge in [0.2, 0.25) is 0 Å². The second kappa shape index (κ2) is 8.64. The SMILES string of the molecule is COc1ccc([N+](=O)[O-])cc1C(=O)O[C@H](C)C(=O)N[C@H]1CCCC[C@@H]1C. The Morgan fingerprint density at radius 1 is 1.31 bits per heavy atom. The maximum Gasteiger partial charge on any atom is 0.342 e. The quantitative estimate of drug-likeness (QED) is 0.472. The van der Waals surface area contributed by atoms with Crippen molar-refractivity contribution in [3.8, 4) is 5.75 Å². The molecule has 1 saturated carbocycles. The molecule has 0 radical (unpaired) electrons. The van der Waals surface area contributed by atoms with E-state index in [1.165, 1.54) is 26.2 Å². The summed E-state index contributed by atoms with van der Waals surface area (Å²) >= 11 is 0. The van der Waals surface area contributed by atoms with Gasteiger partial charge in [-0.15, -0.1) is 0 Å². The van der Waals surface area contributed by atoms with Crippen molar-refractivity contribution in [3.05, 3.63) is 33.9 Å².